The molecule has 0 spiro atoms. The van der Waals surface area contributed by atoms with Crippen molar-refractivity contribution in [2.45, 2.75) is 71.8 Å². The Kier molecular flexibility index (Phi) is 8.23. The van der Waals surface area contributed by atoms with Crippen molar-refractivity contribution in [3.8, 4) is 23.0 Å². The number of hydrogen-bond donors (Lipinski definition) is 2. The standard InChI is InChI=1S/C31H36O8/c1-18(2)11-12-20-26-22(17-24(30(20)36-5)37-15-9-7-6-8-10-25(32)33)38-23-16-21-19(13-14-31(3,4)39-21)28(34)27(23)29(26)35/h11,13-14,16-17,34H,6-10,12,15H2,1-5H3,(H,32,33). The van der Waals surface area contributed by atoms with Crippen LogP contribution in [0, 0.1) is 0 Å². The molecule has 1 aliphatic rings. The van der Waals surface area contributed by atoms with Gasteiger partial charge >= 0.3 is 5.97 Å². The lowest BCUT2D eigenvalue weighted by atomic mass is 9.97. The van der Waals surface area contributed by atoms with Crippen molar-refractivity contribution in [1.29, 1.82) is 0 Å². The summed E-state index contributed by atoms with van der Waals surface area (Å²) in [4.78, 5) is 24.6. The smallest absolute Gasteiger partial charge is 0.303 e. The molecular weight excluding hydrogens is 500 g/mol. The first-order valence-electron chi connectivity index (χ1n) is 13.2. The molecule has 208 valence electrons. The number of rotatable bonds is 11. The SMILES string of the molecule is COc1c(OCCCCCCC(=O)O)cc2oc3cc4c(c(O)c3c(=O)c2c1CC=C(C)C)C=CC(C)(C)O4. The van der Waals surface area contributed by atoms with Crippen LogP contribution in [0.1, 0.15) is 70.9 Å². The zero-order valence-electron chi connectivity index (χ0n) is 23.2. The van der Waals surface area contributed by atoms with Crippen LogP contribution in [0.2, 0.25) is 0 Å². The number of hydrogen-bond acceptors (Lipinski definition) is 7. The summed E-state index contributed by atoms with van der Waals surface area (Å²) in [6.07, 6.45) is 9.19. The molecule has 1 aliphatic heterocycles. The predicted molar refractivity (Wildman–Crippen MR) is 151 cm³/mol. The highest BCUT2D eigenvalue weighted by atomic mass is 16.5. The van der Waals surface area contributed by atoms with Gasteiger partial charge in [-0.2, -0.15) is 0 Å². The molecule has 2 aromatic carbocycles. The first-order chi connectivity index (χ1) is 18.5. The van der Waals surface area contributed by atoms with Crippen LogP contribution < -0.4 is 19.6 Å². The summed E-state index contributed by atoms with van der Waals surface area (Å²) in [7, 11) is 1.53. The number of carboxylic acids is 1. The van der Waals surface area contributed by atoms with Crippen molar-refractivity contribution >= 4 is 34.0 Å². The largest absolute Gasteiger partial charge is 0.506 e. The average molecular weight is 537 g/mol. The summed E-state index contributed by atoms with van der Waals surface area (Å²) in [5.74, 6) is 0.371. The van der Waals surface area contributed by atoms with Gasteiger partial charge in [-0.3, -0.25) is 9.59 Å². The van der Waals surface area contributed by atoms with E-state index in [1.165, 1.54) is 7.11 Å². The number of phenolic OH excluding ortho intramolecular Hbond substituents is 1. The quantitative estimate of drug-likeness (QED) is 0.157. The normalized spacial score (nSPS) is 13.7. The topological polar surface area (TPSA) is 115 Å². The van der Waals surface area contributed by atoms with Crippen LogP contribution in [0.3, 0.4) is 0 Å². The van der Waals surface area contributed by atoms with Crippen LogP contribution in [0.4, 0.5) is 0 Å². The van der Waals surface area contributed by atoms with Crippen LogP contribution in [-0.2, 0) is 11.2 Å². The molecule has 0 unspecified atom stereocenters. The number of aliphatic carboxylic acids is 1. The van der Waals surface area contributed by atoms with Crippen LogP contribution in [-0.4, -0.2) is 35.5 Å². The number of carboxylic acid groups (broad SMARTS) is 1. The van der Waals surface area contributed by atoms with E-state index >= 15 is 0 Å². The van der Waals surface area contributed by atoms with Gasteiger partial charge in [0.05, 0.1) is 24.7 Å². The Balaban J connectivity index is 1.80. The lowest BCUT2D eigenvalue weighted by Crippen LogP contribution is -2.27. The fourth-order valence-corrected chi connectivity index (χ4v) is 4.77. The van der Waals surface area contributed by atoms with E-state index in [1.54, 1.807) is 18.2 Å². The van der Waals surface area contributed by atoms with Crippen molar-refractivity contribution in [1.82, 2.24) is 0 Å². The second-order valence-electron chi connectivity index (χ2n) is 10.6. The van der Waals surface area contributed by atoms with Crippen molar-refractivity contribution in [3.05, 3.63) is 51.2 Å². The molecule has 4 rings (SSSR count). The number of allylic oxidation sites excluding steroid dienone is 2. The molecule has 0 bridgehead atoms. The van der Waals surface area contributed by atoms with Gasteiger partial charge in [-0.25, -0.2) is 0 Å². The summed E-state index contributed by atoms with van der Waals surface area (Å²) in [6.45, 7) is 8.16. The highest BCUT2D eigenvalue weighted by Crippen LogP contribution is 2.43. The number of aromatic hydroxyl groups is 1. The van der Waals surface area contributed by atoms with E-state index in [2.05, 4.69) is 0 Å². The van der Waals surface area contributed by atoms with Gasteiger partial charge in [-0.05, 0) is 59.1 Å². The Morgan fingerprint density at radius 2 is 1.79 bits per heavy atom. The highest BCUT2D eigenvalue weighted by Gasteiger charge is 2.28. The Morgan fingerprint density at radius 3 is 2.49 bits per heavy atom. The maximum Gasteiger partial charge on any atom is 0.303 e. The maximum absolute atomic E-state index is 13.9. The minimum absolute atomic E-state index is 0.0877. The number of carbonyl (C=O) groups is 1. The van der Waals surface area contributed by atoms with Crippen LogP contribution in [0.5, 0.6) is 23.0 Å². The highest BCUT2D eigenvalue weighted by molar-refractivity contribution is 5.99. The van der Waals surface area contributed by atoms with Crippen molar-refractivity contribution in [3.63, 3.8) is 0 Å². The zero-order valence-corrected chi connectivity index (χ0v) is 23.2. The number of ether oxygens (including phenoxy) is 3. The van der Waals surface area contributed by atoms with Gasteiger partial charge in [0.2, 0.25) is 5.43 Å². The van der Waals surface area contributed by atoms with Crippen LogP contribution in [0.25, 0.3) is 28.0 Å². The van der Waals surface area contributed by atoms with E-state index < -0.39 is 11.6 Å². The first-order valence-corrected chi connectivity index (χ1v) is 13.2. The van der Waals surface area contributed by atoms with Gasteiger partial charge in [0.15, 0.2) is 11.5 Å². The monoisotopic (exact) mass is 536 g/mol. The van der Waals surface area contributed by atoms with Crippen LogP contribution >= 0.6 is 0 Å². The summed E-state index contributed by atoms with van der Waals surface area (Å²) in [5, 5.41) is 20.4. The Labute approximate surface area is 227 Å². The van der Waals surface area contributed by atoms with Crippen molar-refractivity contribution in [2.75, 3.05) is 13.7 Å². The van der Waals surface area contributed by atoms with Gasteiger partial charge in [-0.1, -0.05) is 24.5 Å². The Hall–Kier alpha value is -3.94. The molecule has 0 radical (unpaired) electrons. The molecule has 8 nitrogen and oxygen atoms in total. The van der Waals surface area contributed by atoms with Gasteiger partial charge in [-0.15, -0.1) is 0 Å². The van der Waals surface area contributed by atoms with Gasteiger partial charge in [0.25, 0.3) is 0 Å². The molecule has 0 atom stereocenters. The van der Waals surface area contributed by atoms with Crippen molar-refractivity contribution in [2.24, 2.45) is 0 Å². The van der Waals surface area contributed by atoms with Gasteiger partial charge in [0.1, 0.15) is 33.7 Å². The number of unbranched alkanes of at least 4 members (excludes halogenated alkanes) is 3. The summed E-state index contributed by atoms with van der Waals surface area (Å²) >= 11 is 0. The summed E-state index contributed by atoms with van der Waals surface area (Å²) in [6, 6.07) is 3.31. The maximum atomic E-state index is 13.9. The molecule has 39 heavy (non-hydrogen) atoms. The molecule has 0 amide bonds. The second-order valence-corrected chi connectivity index (χ2v) is 10.6. The molecule has 2 heterocycles. The molecule has 0 fully saturated rings. The minimum Gasteiger partial charge on any atom is -0.506 e. The fraction of sp³-hybridized carbons (Fsp3) is 0.419. The zero-order chi connectivity index (χ0) is 28.3. The molecule has 3 aromatic rings. The minimum atomic E-state index is -0.786. The number of phenols is 1. The third-order valence-electron chi connectivity index (χ3n) is 6.73. The number of fused-ring (bicyclic) bond motifs is 3. The molecule has 8 heteroatoms. The molecule has 0 saturated heterocycles. The van der Waals surface area contributed by atoms with Crippen molar-refractivity contribution < 1.29 is 33.6 Å². The predicted octanol–water partition coefficient (Wildman–Crippen LogP) is 6.77. The van der Waals surface area contributed by atoms with E-state index in [-0.39, 0.29) is 28.6 Å². The first kappa shape index (κ1) is 28.1. The third-order valence-corrected chi connectivity index (χ3v) is 6.73. The lowest BCUT2D eigenvalue weighted by molar-refractivity contribution is -0.137. The molecule has 2 N–H and O–H groups in total. The fourth-order valence-electron chi connectivity index (χ4n) is 4.77. The van der Waals surface area contributed by atoms with Gasteiger partial charge < -0.3 is 28.8 Å². The second kappa shape index (κ2) is 11.4. The lowest BCUT2D eigenvalue weighted by Gasteiger charge is -2.28. The number of benzene rings is 2. The average Bonchev–Trinajstić information content (AvgIpc) is 2.85. The number of methoxy groups -OCH3 is 1. The van der Waals surface area contributed by atoms with E-state index in [0.717, 1.165) is 24.8 Å². The van der Waals surface area contributed by atoms with Gasteiger partial charge in [0, 0.05) is 24.1 Å². The van der Waals surface area contributed by atoms with E-state index in [1.807, 2.05) is 39.8 Å². The molecular formula is C31H36O8. The van der Waals surface area contributed by atoms with E-state index in [0.29, 0.717) is 58.8 Å². The third kappa shape index (κ3) is 6.05. The Bertz CT molecular complexity index is 1520. The summed E-state index contributed by atoms with van der Waals surface area (Å²) < 4.78 is 24.1. The van der Waals surface area contributed by atoms with E-state index in [9.17, 15) is 14.7 Å². The summed E-state index contributed by atoms with van der Waals surface area (Å²) in [5.41, 5.74) is 1.76. The molecule has 1 aromatic heterocycles. The van der Waals surface area contributed by atoms with Crippen LogP contribution in [0.15, 0.2) is 39.1 Å². The molecule has 0 saturated carbocycles. The molecule has 0 aliphatic carbocycles. The Morgan fingerprint density at radius 1 is 1.08 bits per heavy atom. The van der Waals surface area contributed by atoms with E-state index in [4.69, 9.17) is 23.7 Å².